The molecule has 0 amide bonds. The van der Waals surface area contributed by atoms with Gasteiger partial charge in [-0.2, -0.15) is 5.10 Å². The van der Waals surface area contributed by atoms with Crippen LogP contribution in [-0.4, -0.2) is 23.9 Å². The van der Waals surface area contributed by atoms with Crippen molar-refractivity contribution in [3.05, 3.63) is 46.5 Å². The summed E-state index contributed by atoms with van der Waals surface area (Å²) in [6.07, 6.45) is 2.10. The topological polar surface area (TPSA) is 39.1 Å². The third-order valence-corrected chi connectivity index (χ3v) is 3.60. The van der Waals surface area contributed by atoms with Gasteiger partial charge >= 0.3 is 0 Å². The number of aromatic nitrogens is 2. The molecule has 0 radical (unpaired) electrons. The molecular formula is C14H17ClFN3O. The van der Waals surface area contributed by atoms with Crippen LogP contribution in [0.5, 0.6) is 5.75 Å². The fourth-order valence-electron chi connectivity index (χ4n) is 2.24. The van der Waals surface area contributed by atoms with E-state index in [1.165, 1.54) is 0 Å². The van der Waals surface area contributed by atoms with E-state index < -0.39 is 0 Å². The SMILES string of the molecule is CNC(Cc1cccc(Cl)c1F)c1c(OC)cnn1C. The van der Waals surface area contributed by atoms with Gasteiger partial charge < -0.3 is 10.1 Å². The summed E-state index contributed by atoms with van der Waals surface area (Å²) in [4.78, 5) is 0. The second kappa shape index (κ2) is 6.24. The van der Waals surface area contributed by atoms with Gasteiger partial charge in [0.15, 0.2) is 5.75 Å². The number of hydrogen-bond donors (Lipinski definition) is 1. The smallest absolute Gasteiger partial charge is 0.161 e. The predicted octanol–water partition coefficient (Wildman–Crippen LogP) is 2.72. The van der Waals surface area contributed by atoms with Crippen molar-refractivity contribution in [3.8, 4) is 5.75 Å². The van der Waals surface area contributed by atoms with Crippen molar-refractivity contribution in [2.75, 3.05) is 14.2 Å². The van der Waals surface area contributed by atoms with Gasteiger partial charge in [0.25, 0.3) is 0 Å². The Morgan fingerprint density at radius 2 is 2.25 bits per heavy atom. The Balaban J connectivity index is 2.34. The Hall–Kier alpha value is -1.59. The van der Waals surface area contributed by atoms with Gasteiger partial charge in [-0.05, 0) is 25.1 Å². The highest BCUT2D eigenvalue weighted by atomic mass is 35.5. The summed E-state index contributed by atoms with van der Waals surface area (Å²) in [7, 11) is 5.24. The Bertz CT molecular complexity index is 600. The average molecular weight is 298 g/mol. The maximum Gasteiger partial charge on any atom is 0.161 e. The van der Waals surface area contributed by atoms with Crippen molar-refractivity contribution in [3.63, 3.8) is 0 Å². The predicted molar refractivity (Wildman–Crippen MR) is 76.7 cm³/mol. The van der Waals surface area contributed by atoms with Crippen molar-refractivity contribution < 1.29 is 9.13 Å². The number of likely N-dealkylation sites (N-methyl/N-ethyl adjacent to an activating group) is 1. The monoisotopic (exact) mass is 297 g/mol. The molecule has 20 heavy (non-hydrogen) atoms. The van der Waals surface area contributed by atoms with Crippen LogP contribution in [0.25, 0.3) is 0 Å². The maximum absolute atomic E-state index is 14.0. The molecule has 108 valence electrons. The lowest BCUT2D eigenvalue weighted by molar-refractivity contribution is 0.396. The van der Waals surface area contributed by atoms with E-state index in [9.17, 15) is 4.39 Å². The Kier molecular flexibility index (Phi) is 4.62. The number of ether oxygens (including phenoxy) is 1. The van der Waals surface area contributed by atoms with E-state index in [1.54, 1.807) is 36.2 Å². The molecule has 2 aromatic rings. The van der Waals surface area contributed by atoms with E-state index in [0.717, 1.165) is 5.69 Å². The number of aryl methyl sites for hydroxylation is 1. The molecule has 0 aliphatic rings. The third kappa shape index (κ3) is 2.78. The standard InChI is InChI=1S/C14H17ClFN3O/c1-17-11(14-12(20-3)8-18-19(14)2)7-9-5-4-6-10(15)13(9)16/h4-6,8,11,17H,7H2,1-3H3. The van der Waals surface area contributed by atoms with Crippen LogP contribution in [0.2, 0.25) is 5.02 Å². The third-order valence-electron chi connectivity index (χ3n) is 3.30. The zero-order chi connectivity index (χ0) is 14.7. The van der Waals surface area contributed by atoms with Gasteiger partial charge in [-0.25, -0.2) is 4.39 Å². The van der Waals surface area contributed by atoms with Crippen molar-refractivity contribution in [2.24, 2.45) is 7.05 Å². The number of hydrogen-bond acceptors (Lipinski definition) is 3. The first-order valence-corrected chi connectivity index (χ1v) is 6.62. The average Bonchev–Trinajstić information content (AvgIpc) is 2.82. The number of halogens is 2. The Labute approximate surface area is 122 Å². The lowest BCUT2D eigenvalue weighted by Crippen LogP contribution is -2.22. The van der Waals surface area contributed by atoms with E-state index in [-0.39, 0.29) is 16.9 Å². The molecule has 0 aliphatic heterocycles. The number of benzene rings is 1. The molecule has 2 rings (SSSR count). The normalized spacial score (nSPS) is 12.4. The fourth-order valence-corrected chi connectivity index (χ4v) is 2.44. The Morgan fingerprint density at radius 1 is 1.50 bits per heavy atom. The van der Waals surface area contributed by atoms with E-state index in [1.807, 2.05) is 14.1 Å². The summed E-state index contributed by atoms with van der Waals surface area (Å²) in [5, 5.41) is 7.47. The fraction of sp³-hybridized carbons (Fsp3) is 0.357. The molecule has 0 bridgehead atoms. The lowest BCUT2D eigenvalue weighted by Gasteiger charge is -2.18. The van der Waals surface area contributed by atoms with Gasteiger partial charge in [0.2, 0.25) is 0 Å². The molecule has 1 heterocycles. The minimum atomic E-state index is -0.379. The van der Waals surface area contributed by atoms with E-state index in [2.05, 4.69) is 10.4 Å². The van der Waals surface area contributed by atoms with Gasteiger partial charge in [0.05, 0.1) is 30.1 Å². The van der Waals surface area contributed by atoms with Crippen LogP contribution >= 0.6 is 11.6 Å². The summed E-state index contributed by atoms with van der Waals surface area (Å²) >= 11 is 5.82. The van der Waals surface area contributed by atoms with Crippen molar-refractivity contribution in [2.45, 2.75) is 12.5 Å². The second-order valence-corrected chi connectivity index (χ2v) is 4.89. The number of rotatable bonds is 5. The van der Waals surface area contributed by atoms with Crippen LogP contribution in [0, 0.1) is 5.82 Å². The largest absolute Gasteiger partial charge is 0.493 e. The molecular weight excluding hydrogens is 281 g/mol. The molecule has 1 N–H and O–H groups in total. The maximum atomic E-state index is 14.0. The minimum absolute atomic E-state index is 0.120. The lowest BCUT2D eigenvalue weighted by atomic mass is 10.0. The molecule has 1 atom stereocenters. The van der Waals surface area contributed by atoms with Crippen LogP contribution in [0.1, 0.15) is 17.3 Å². The van der Waals surface area contributed by atoms with Gasteiger partial charge in [-0.3, -0.25) is 4.68 Å². The quantitative estimate of drug-likeness (QED) is 0.922. The van der Waals surface area contributed by atoms with E-state index in [4.69, 9.17) is 16.3 Å². The molecule has 0 spiro atoms. The second-order valence-electron chi connectivity index (χ2n) is 4.48. The summed E-state index contributed by atoms with van der Waals surface area (Å²) in [5.41, 5.74) is 1.43. The highest BCUT2D eigenvalue weighted by molar-refractivity contribution is 6.30. The summed E-state index contributed by atoms with van der Waals surface area (Å²) in [6.45, 7) is 0. The van der Waals surface area contributed by atoms with Gasteiger partial charge in [0.1, 0.15) is 5.82 Å². The molecule has 4 nitrogen and oxygen atoms in total. The zero-order valence-electron chi connectivity index (χ0n) is 11.7. The van der Waals surface area contributed by atoms with Gasteiger partial charge in [-0.1, -0.05) is 23.7 Å². The highest BCUT2D eigenvalue weighted by Crippen LogP contribution is 2.28. The van der Waals surface area contributed by atoms with Crippen LogP contribution in [0.4, 0.5) is 4.39 Å². The van der Waals surface area contributed by atoms with Gasteiger partial charge in [-0.15, -0.1) is 0 Å². The number of nitrogens with zero attached hydrogens (tertiary/aromatic N) is 2. The van der Waals surface area contributed by atoms with Crippen LogP contribution in [0.3, 0.4) is 0 Å². The summed E-state index contributed by atoms with van der Waals surface area (Å²) in [5.74, 6) is 0.296. The molecule has 1 aromatic carbocycles. The summed E-state index contributed by atoms with van der Waals surface area (Å²) in [6, 6.07) is 4.90. The molecule has 0 saturated carbocycles. The van der Waals surface area contributed by atoms with Crippen molar-refractivity contribution >= 4 is 11.6 Å². The first kappa shape index (κ1) is 14.8. The van der Waals surface area contributed by atoms with Crippen molar-refractivity contribution in [1.29, 1.82) is 0 Å². The van der Waals surface area contributed by atoms with Crippen LogP contribution in [0.15, 0.2) is 24.4 Å². The molecule has 1 aromatic heterocycles. The van der Waals surface area contributed by atoms with Crippen LogP contribution < -0.4 is 10.1 Å². The number of methoxy groups -OCH3 is 1. The Morgan fingerprint density at radius 3 is 2.90 bits per heavy atom. The molecule has 6 heteroatoms. The summed E-state index contributed by atoms with van der Waals surface area (Å²) < 4.78 is 21.0. The number of nitrogens with one attached hydrogen (secondary N) is 1. The molecule has 0 fully saturated rings. The highest BCUT2D eigenvalue weighted by Gasteiger charge is 2.21. The van der Waals surface area contributed by atoms with Crippen molar-refractivity contribution in [1.82, 2.24) is 15.1 Å². The van der Waals surface area contributed by atoms with Crippen LogP contribution in [-0.2, 0) is 13.5 Å². The van der Waals surface area contributed by atoms with E-state index >= 15 is 0 Å². The molecule has 0 saturated heterocycles. The minimum Gasteiger partial charge on any atom is -0.493 e. The first-order valence-electron chi connectivity index (χ1n) is 6.24. The zero-order valence-corrected chi connectivity index (χ0v) is 12.4. The molecule has 1 unspecified atom stereocenters. The van der Waals surface area contributed by atoms with E-state index in [0.29, 0.717) is 17.7 Å². The first-order chi connectivity index (χ1) is 9.58. The molecule has 0 aliphatic carbocycles. The van der Waals surface area contributed by atoms with Gasteiger partial charge in [0, 0.05) is 7.05 Å².